The molecule has 0 saturated heterocycles. The fourth-order valence-corrected chi connectivity index (χ4v) is 10.6. The number of carbonyl (C=O) groups excluding carboxylic acids is 2. The van der Waals surface area contributed by atoms with E-state index in [0.29, 0.717) is 3.58 Å². The highest BCUT2D eigenvalue weighted by molar-refractivity contribution is 14.1. The molecule has 0 saturated carbocycles. The van der Waals surface area contributed by atoms with E-state index in [2.05, 4.69) is 22.6 Å². The second kappa shape index (κ2) is 10.7. The van der Waals surface area contributed by atoms with E-state index >= 15 is 0 Å². The molecule has 11 heteroatoms. The number of aliphatic hydroxyl groups is 2. The topological polar surface area (TPSA) is 145 Å². The number of halogens is 3. The van der Waals surface area contributed by atoms with Crippen molar-refractivity contribution in [1.82, 2.24) is 0 Å². The summed E-state index contributed by atoms with van der Waals surface area (Å²) in [4.78, 5) is 24.8. The summed E-state index contributed by atoms with van der Waals surface area (Å²) in [5.74, 6) is -2.89. The molecule has 27 heavy (non-hydrogen) atoms. The Hall–Kier alpha value is 0.710. The zero-order valence-electron chi connectivity index (χ0n) is 15.0. The van der Waals surface area contributed by atoms with Gasteiger partial charge in [-0.1, -0.05) is 51.3 Å². The van der Waals surface area contributed by atoms with Gasteiger partial charge in [-0.05, 0) is 35.4 Å². The lowest BCUT2D eigenvalue weighted by atomic mass is 9.66. The molecular formula is C16H25I3N2O6. The molecular weight excluding hydrogens is 697 g/mol. The molecule has 0 radical (unpaired) electrons. The van der Waals surface area contributed by atoms with Gasteiger partial charge in [-0.2, -0.15) is 0 Å². The summed E-state index contributed by atoms with van der Waals surface area (Å²) >= 11 is 6.15. The van der Waals surface area contributed by atoms with Crippen LogP contribution in [0.3, 0.4) is 0 Å². The van der Waals surface area contributed by atoms with Crippen LogP contribution in [0.25, 0.3) is 0 Å². The van der Waals surface area contributed by atoms with E-state index in [0.717, 1.165) is 0 Å². The molecule has 8 nitrogen and oxygen atoms in total. The highest BCUT2D eigenvalue weighted by Gasteiger charge is 2.60. The van der Waals surface area contributed by atoms with E-state index in [9.17, 15) is 19.8 Å². The zero-order chi connectivity index (χ0) is 21.0. The van der Waals surface area contributed by atoms with Crippen LogP contribution in [0.4, 0.5) is 0 Å². The summed E-state index contributed by atoms with van der Waals surface area (Å²) < 4.78 is 8.69. The average molecular weight is 722 g/mol. The molecule has 0 fully saturated rings. The van der Waals surface area contributed by atoms with E-state index in [1.54, 1.807) is 6.08 Å². The highest BCUT2D eigenvalue weighted by Crippen LogP contribution is 2.57. The lowest BCUT2D eigenvalue weighted by molar-refractivity contribution is -0.127. The van der Waals surface area contributed by atoms with Gasteiger partial charge in [0.1, 0.15) is 0 Å². The van der Waals surface area contributed by atoms with Gasteiger partial charge in [0.25, 0.3) is 0 Å². The summed E-state index contributed by atoms with van der Waals surface area (Å²) in [6.45, 7) is 0.142. The van der Waals surface area contributed by atoms with Crippen LogP contribution in [-0.2, 0) is 19.1 Å². The molecule has 0 bridgehead atoms. The minimum atomic E-state index is -1.08. The highest BCUT2D eigenvalue weighted by atomic mass is 127. The number of primary amides is 2. The van der Waals surface area contributed by atoms with Crippen LogP contribution < -0.4 is 11.5 Å². The number of nitrogens with two attached hydrogens (primary N) is 2. The number of amides is 2. The lowest BCUT2D eigenvalue weighted by Crippen LogP contribution is -2.61. The van der Waals surface area contributed by atoms with Crippen molar-refractivity contribution in [3.8, 4) is 0 Å². The smallest absolute Gasteiger partial charge is 0.226 e. The van der Waals surface area contributed by atoms with Crippen molar-refractivity contribution < 1.29 is 29.3 Å². The molecule has 1 aliphatic rings. The van der Waals surface area contributed by atoms with Crippen molar-refractivity contribution in [3.63, 3.8) is 0 Å². The van der Waals surface area contributed by atoms with Crippen molar-refractivity contribution in [3.05, 3.63) is 9.66 Å². The number of alkyl halides is 2. The third-order valence-corrected chi connectivity index (χ3v) is 8.47. The quantitative estimate of drug-likeness (QED) is 0.193. The van der Waals surface area contributed by atoms with Gasteiger partial charge in [-0.3, -0.25) is 9.59 Å². The van der Waals surface area contributed by atoms with E-state index in [4.69, 9.17) is 20.9 Å². The Kier molecular flexibility index (Phi) is 10.2. The normalized spacial score (nSPS) is 33.2. The number of ether oxygens (including phenoxy) is 2. The van der Waals surface area contributed by atoms with E-state index in [1.165, 1.54) is 14.2 Å². The average Bonchev–Trinajstić information content (AvgIpc) is 2.44. The maximum atomic E-state index is 12.5. The van der Waals surface area contributed by atoms with Gasteiger partial charge in [-0.25, -0.2) is 0 Å². The molecule has 156 valence electrons. The van der Waals surface area contributed by atoms with Crippen molar-refractivity contribution in [2.75, 3.05) is 27.4 Å². The van der Waals surface area contributed by atoms with Crippen LogP contribution in [0.5, 0.6) is 0 Å². The van der Waals surface area contributed by atoms with Crippen molar-refractivity contribution in [2.45, 2.75) is 31.9 Å². The molecule has 0 aliphatic heterocycles. The number of allylic oxidation sites excluding steroid dienone is 1. The number of hydrogen-bond donors (Lipinski definition) is 4. The Labute approximate surface area is 199 Å². The molecule has 1 rings (SSSR count). The Morgan fingerprint density at radius 2 is 1.59 bits per heavy atom. The molecule has 2 amide bonds. The Bertz CT molecular complexity index is 593. The number of carbonyl (C=O) groups is 2. The third kappa shape index (κ3) is 6.10. The van der Waals surface area contributed by atoms with E-state index < -0.39 is 42.7 Å². The van der Waals surface area contributed by atoms with Gasteiger partial charge in [0.2, 0.25) is 11.8 Å². The number of aliphatic hydroxyl groups excluding tert-OH is 2. The van der Waals surface area contributed by atoms with Crippen LogP contribution in [0, 0.1) is 11.8 Å². The Morgan fingerprint density at radius 1 is 1.11 bits per heavy atom. The zero-order valence-corrected chi connectivity index (χ0v) is 21.5. The van der Waals surface area contributed by atoms with Gasteiger partial charge < -0.3 is 31.2 Å². The number of hydrogen-bond acceptors (Lipinski definition) is 6. The number of methoxy groups -OCH3 is 2. The molecule has 1 aliphatic carbocycles. The van der Waals surface area contributed by atoms with Crippen LogP contribution in [0.15, 0.2) is 9.66 Å². The lowest BCUT2D eigenvalue weighted by Gasteiger charge is -2.50. The fourth-order valence-electron chi connectivity index (χ4n) is 3.67. The maximum Gasteiger partial charge on any atom is 0.226 e. The molecule has 0 heterocycles. The van der Waals surface area contributed by atoms with Crippen molar-refractivity contribution in [2.24, 2.45) is 23.3 Å². The van der Waals surface area contributed by atoms with Crippen LogP contribution >= 0.6 is 67.8 Å². The largest absolute Gasteiger partial charge is 0.391 e. The Balaban J connectivity index is 3.51. The van der Waals surface area contributed by atoms with Crippen molar-refractivity contribution >= 4 is 79.6 Å². The Morgan fingerprint density at radius 3 is 2.00 bits per heavy atom. The van der Waals surface area contributed by atoms with E-state index in [1.807, 2.05) is 45.2 Å². The van der Waals surface area contributed by atoms with Gasteiger partial charge in [0.15, 0.2) is 0 Å². The standard InChI is InChI=1S/C16H25I3N2O6/c1-26-6-8(22)3-15(18)5-10(17)11(13(20)24)16(19,12(15)14(21)25)4-9(23)7-27-2/h5,8-9,11-12,22-23H,3-4,6-7H2,1-2H3,(H2,20,24)(H2,21,25). The van der Waals surface area contributed by atoms with Gasteiger partial charge in [0, 0.05) is 17.8 Å². The predicted octanol–water partition coefficient (Wildman–Crippen LogP) is 0.664. The first-order valence-corrected chi connectivity index (χ1v) is 11.3. The first-order chi connectivity index (χ1) is 12.4. The molecule has 0 aromatic heterocycles. The second-order valence-electron chi connectivity index (χ2n) is 6.68. The molecule has 0 aromatic carbocycles. The molecule has 0 aromatic rings. The van der Waals surface area contributed by atoms with Gasteiger partial charge in [0.05, 0.1) is 44.1 Å². The van der Waals surface area contributed by atoms with Crippen molar-refractivity contribution in [1.29, 1.82) is 0 Å². The molecule has 6 atom stereocenters. The van der Waals surface area contributed by atoms with Gasteiger partial charge in [-0.15, -0.1) is 0 Å². The second-order valence-corrected chi connectivity index (χ2v) is 11.9. The molecule has 0 spiro atoms. The monoisotopic (exact) mass is 722 g/mol. The summed E-state index contributed by atoms with van der Waals surface area (Å²) in [6.07, 6.45) is 0.301. The minimum Gasteiger partial charge on any atom is -0.391 e. The number of rotatable bonds is 10. The fraction of sp³-hybridized carbons (Fsp3) is 0.750. The predicted molar refractivity (Wildman–Crippen MR) is 126 cm³/mol. The SMILES string of the molecule is COCC(O)CC1(I)C=C(I)C(C(N)=O)C(I)(CC(O)COC)C1C(N)=O. The summed E-state index contributed by atoms with van der Waals surface area (Å²) in [5.41, 5.74) is 11.4. The third-order valence-electron chi connectivity index (χ3n) is 4.48. The summed E-state index contributed by atoms with van der Waals surface area (Å²) in [5, 5.41) is 20.6. The summed E-state index contributed by atoms with van der Waals surface area (Å²) in [7, 11) is 2.93. The van der Waals surface area contributed by atoms with Crippen LogP contribution in [0.2, 0.25) is 0 Å². The summed E-state index contributed by atoms with van der Waals surface area (Å²) in [6, 6.07) is 0. The molecule has 6 unspecified atom stereocenters. The first-order valence-electron chi connectivity index (χ1n) is 8.11. The van der Waals surface area contributed by atoms with E-state index in [-0.39, 0.29) is 26.1 Å². The minimum absolute atomic E-state index is 0.0442. The first kappa shape index (κ1) is 25.7. The van der Waals surface area contributed by atoms with Crippen LogP contribution in [0.1, 0.15) is 12.8 Å². The van der Waals surface area contributed by atoms with Gasteiger partial charge >= 0.3 is 0 Å². The van der Waals surface area contributed by atoms with Crippen LogP contribution in [-0.4, -0.2) is 68.5 Å². The molecule has 6 N–H and O–H groups in total. The maximum absolute atomic E-state index is 12.5.